The van der Waals surface area contributed by atoms with Crippen LogP contribution in [0.25, 0.3) is 0 Å². The zero-order valence-electron chi connectivity index (χ0n) is 6.83. The van der Waals surface area contributed by atoms with Crippen LogP contribution in [0.3, 0.4) is 0 Å². The lowest BCUT2D eigenvalue weighted by molar-refractivity contribution is -0.137. The van der Waals surface area contributed by atoms with Gasteiger partial charge in [-0.3, -0.25) is 4.79 Å². The van der Waals surface area contributed by atoms with E-state index in [4.69, 9.17) is 0 Å². The Hall–Kier alpha value is -0.580. The van der Waals surface area contributed by atoms with E-state index in [1.54, 1.807) is 0 Å². The molecule has 0 fully saturated rings. The molecule has 4 nitrogen and oxygen atoms in total. The van der Waals surface area contributed by atoms with Gasteiger partial charge in [-0.25, -0.2) is 8.42 Å². The van der Waals surface area contributed by atoms with Crippen molar-refractivity contribution in [3.8, 4) is 0 Å². The van der Waals surface area contributed by atoms with Gasteiger partial charge in [0.05, 0.1) is 12.4 Å². The quantitative estimate of drug-likeness (QED) is 0.573. The standard InChI is InChI=1S/C6H12O4S/c1-5(2)11(8,9)4-6(7)10-3/h5H,4H2,1-3H3. The average Bonchev–Trinajstić information content (AvgIpc) is 1.86. The van der Waals surface area contributed by atoms with E-state index in [2.05, 4.69) is 4.74 Å². The van der Waals surface area contributed by atoms with Gasteiger partial charge >= 0.3 is 5.97 Å². The summed E-state index contributed by atoms with van der Waals surface area (Å²) < 4.78 is 26.2. The zero-order valence-corrected chi connectivity index (χ0v) is 7.64. The fourth-order valence-electron chi connectivity index (χ4n) is 0.390. The first kappa shape index (κ1) is 10.4. The third-order valence-corrected chi connectivity index (χ3v) is 3.34. The minimum atomic E-state index is -3.28. The third-order valence-electron chi connectivity index (χ3n) is 1.26. The fraction of sp³-hybridized carbons (Fsp3) is 0.833. The number of methoxy groups -OCH3 is 1. The lowest BCUT2D eigenvalue weighted by Gasteiger charge is -2.04. The number of hydrogen-bond acceptors (Lipinski definition) is 4. The molecule has 0 saturated carbocycles. The Morgan fingerprint density at radius 2 is 1.91 bits per heavy atom. The molecular formula is C6H12O4S. The van der Waals surface area contributed by atoms with Crippen LogP contribution in [0, 0.1) is 0 Å². The molecule has 0 aliphatic heterocycles. The lowest BCUT2D eigenvalue weighted by atomic mass is 10.6. The van der Waals surface area contributed by atoms with E-state index in [-0.39, 0.29) is 0 Å². The molecule has 0 spiro atoms. The summed E-state index contributed by atoms with van der Waals surface area (Å²) in [5.41, 5.74) is 0. The molecule has 0 saturated heterocycles. The number of rotatable bonds is 3. The number of hydrogen-bond donors (Lipinski definition) is 0. The van der Waals surface area contributed by atoms with Gasteiger partial charge in [-0.15, -0.1) is 0 Å². The minimum Gasteiger partial charge on any atom is -0.468 e. The smallest absolute Gasteiger partial charge is 0.320 e. The van der Waals surface area contributed by atoms with E-state index in [9.17, 15) is 13.2 Å². The van der Waals surface area contributed by atoms with Gasteiger partial charge in [0, 0.05) is 0 Å². The second-order valence-electron chi connectivity index (χ2n) is 2.43. The summed E-state index contributed by atoms with van der Waals surface area (Å²) in [6.45, 7) is 3.05. The van der Waals surface area contributed by atoms with Crippen molar-refractivity contribution in [1.82, 2.24) is 0 Å². The lowest BCUT2D eigenvalue weighted by Crippen LogP contribution is -2.24. The molecule has 0 aromatic rings. The van der Waals surface area contributed by atoms with Gasteiger partial charge < -0.3 is 4.74 Å². The van der Waals surface area contributed by atoms with Gasteiger partial charge in [0.15, 0.2) is 9.84 Å². The molecule has 0 atom stereocenters. The Kier molecular flexibility index (Phi) is 3.51. The zero-order chi connectivity index (χ0) is 9.07. The van der Waals surface area contributed by atoms with Crippen LogP contribution in [0.5, 0.6) is 0 Å². The minimum absolute atomic E-state index is 0.526. The summed E-state index contributed by atoms with van der Waals surface area (Å²) in [5, 5.41) is -0.526. The van der Waals surface area contributed by atoms with Crippen LogP contribution >= 0.6 is 0 Å². The van der Waals surface area contributed by atoms with E-state index in [1.165, 1.54) is 13.8 Å². The highest BCUT2D eigenvalue weighted by molar-refractivity contribution is 7.92. The summed E-state index contributed by atoms with van der Waals surface area (Å²) >= 11 is 0. The highest BCUT2D eigenvalue weighted by atomic mass is 32.2. The number of esters is 1. The molecule has 5 heteroatoms. The molecule has 0 amide bonds. The summed E-state index contributed by atoms with van der Waals surface area (Å²) in [6, 6.07) is 0. The molecule has 0 aromatic heterocycles. The first-order valence-electron chi connectivity index (χ1n) is 3.18. The van der Waals surface area contributed by atoms with Crippen LogP contribution in [0.15, 0.2) is 0 Å². The molecule has 0 radical (unpaired) electrons. The predicted octanol–water partition coefficient (Wildman–Crippen LogP) is -0.0174. The van der Waals surface area contributed by atoms with Gasteiger partial charge in [-0.05, 0) is 13.8 Å². The van der Waals surface area contributed by atoms with Gasteiger partial charge in [-0.2, -0.15) is 0 Å². The molecule has 0 bridgehead atoms. The van der Waals surface area contributed by atoms with E-state index >= 15 is 0 Å². The normalized spacial score (nSPS) is 11.6. The van der Waals surface area contributed by atoms with Gasteiger partial charge in [0.1, 0.15) is 5.75 Å². The van der Waals surface area contributed by atoms with Crippen molar-refractivity contribution in [2.24, 2.45) is 0 Å². The van der Waals surface area contributed by atoms with E-state index in [0.29, 0.717) is 0 Å². The van der Waals surface area contributed by atoms with Crippen LogP contribution in [0.2, 0.25) is 0 Å². The second kappa shape index (κ2) is 3.71. The Balaban J connectivity index is 4.27. The maximum Gasteiger partial charge on any atom is 0.320 e. The highest BCUT2D eigenvalue weighted by Gasteiger charge is 2.20. The van der Waals surface area contributed by atoms with Crippen LogP contribution in [0.4, 0.5) is 0 Å². The second-order valence-corrected chi connectivity index (χ2v) is 4.99. The fourth-order valence-corrected chi connectivity index (χ4v) is 1.17. The van der Waals surface area contributed by atoms with E-state index < -0.39 is 26.8 Å². The van der Waals surface area contributed by atoms with Gasteiger partial charge in [0.25, 0.3) is 0 Å². The van der Waals surface area contributed by atoms with Gasteiger partial charge in [0.2, 0.25) is 0 Å². The molecular weight excluding hydrogens is 168 g/mol. The summed E-state index contributed by atoms with van der Waals surface area (Å²) in [4.78, 5) is 10.5. The van der Waals surface area contributed by atoms with E-state index in [0.717, 1.165) is 7.11 Å². The highest BCUT2D eigenvalue weighted by Crippen LogP contribution is 2.00. The largest absolute Gasteiger partial charge is 0.468 e. The first-order valence-corrected chi connectivity index (χ1v) is 4.90. The molecule has 0 N–H and O–H groups in total. The van der Waals surface area contributed by atoms with Crippen molar-refractivity contribution in [3.05, 3.63) is 0 Å². The van der Waals surface area contributed by atoms with Crippen LogP contribution < -0.4 is 0 Å². The molecule has 66 valence electrons. The number of sulfone groups is 1. The van der Waals surface area contributed by atoms with Crippen molar-refractivity contribution in [2.75, 3.05) is 12.9 Å². The Morgan fingerprint density at radius 1 is 1.45 bits per heavy atom. The number of ether oxygens (including phenoxy) is 1. The molecule has 0 aromatic carbocycles. The summed E-state index contributed by atoms with van der Waals surface area (Å²) in [5.74, 6) is -1.24. The Morgan fingerprint density at radius 3 is 2.18 bits per heavy atom. The Labute approximate surface area is 66.5 Å². The van der Waals surface area contributed by atoms with E-state index in [1.807, 2.05) is 0 Å². The molecule has 0 aliphatic carbocycles. The topological polar surface area (TPSA) is 60.4 Å². The van der Waals surface area contributed by atoms with Crippen molar-refractivity contribution >= 4 is 15.8 Å². The van der Waals surface area contributed by atoms with Crippen molar-refractivity contribution in [2.45, 2.75) is 19.1 Å². The molecule has 0 heterocycles. The first-order chi connectivity index (χ1) is 4.90. The molecule has 0 aliphatic rings. The molecule has 11 heavy (non-hydrogen) atoms. The SMILES string of the molecule is COC(=O)CS(=O)(=O)C(C)C. The van der Waals surface area contributed by atoms with Crippen LogP contribution in [-0.2, 0) is 19.4 Å². The van der Waals surface area contributed by atoms with Crippen molar-refractivity contribution < 1.29 is 17.9 Å². The van der Waals surface area contributed by atoms with Crippen molar-refractivity contribution in [3.63, 3.8) is 0 Å². The maximum atomic E-state index is 11.0. The molecule has 0 unspecified atom stereocenters. The number of carbonyl (C=O) groups excluding carboxylic acids is 1. The monoisotopic (exact) mass is 180 g/mol. The van der Waals surface area contributed by atoms with Crippen LogP contribution in [-0.4, -0.2) is 32.5 Å². The Bertz CT molecular complexity index is 227. The summed E-state index contributed by atoms with van der Waals surface area (Å²) in [6.07, 6.45) is 0. The third kappa shape index (κ3) is 3.36. The number of carbonyl (C=O) groups is 1. The summed E-state index contributed by atoms with van der Waals surface area (Å²) in [7, 11) is -2.12. The maximum absolute atomic E-state index is 11.0. The van der Waals surface area contributed by atoms with Gasteiger partial charge in [-0.1, -0.05) is 0 Å². The molecule has 0 rings (SSSR count). The average molecular weight is 180 g/mol. The van der Waals surface area contributed by atoms with Crippen molar-refractivity contribution in [1.29, 1.82) is 0 Å². The predicted molar refractivity (Wildman–Crippen MR) is 40.9 cm³/mol. The van der Waals surface area contributed by atoms with Crippen LogP contribution in [0.1, 0.15) is 13.8 Å².